The Hall–Kier alpha value is -1.69. The fourth-order valence-electron chi connectivity index (χ4n) is 1.65. The first kappa shape index (κ1) is 11.8. The van der Waals surface area contributed by atoms with Gasteiger partial charge >= 0.3 is 0 Å². The molecular weight excluding hydrogens is 218 g/mol. The van der Waals surface area contributed by atoms with Crippen LogP contribution in [0.1, 0.15) is 30.9 Å². The zero-order valence-electron chi connectivity index (χ0n) is 10.2. The number of aromatic nitrogens is 4. The first-order valence-corrected chi connectivity index (χ1v) is 5.79. The Bertz CT molecular complexity index is 462. The van der Waals surface area contributed by atoms with Gasteiger partial charge < -0.3 is 14.4 Å². The van der Waals surface area contributed by atoms with E-state index in [2.05, 4.69) is 31.9 Å². The van der Waals surface area contributed by atoms with Crippen molar-refractivity contribution in [1.29, 1.82) is 0 Å². The zero-order chi connectivity index (χ0) is 12.1. The van der Waals surface area contributed by atoms with Crippen LogP contribution in [0.5, 0.6) is 0 Å². The number of nitrogens with zero attached hydrogens (tertiary/aromatic N) is 4. The maximum Gasteiger partial charge on any atom is 0.223 e. The highest BCUT2D eigenvalue weighted by molar-refractivity contribution is 4.92. The molecule has 6 heteroatoms. The molecule has 0 fully saturated rings. The quantitative estimate of drug-likeness (QED) is 0.816. The van der Waals surface area contributed by atoms with Crippen molar-refractivity contribution in [2.24, 2.45) is 0 Å². The molecule has 0 atom stereocenters. The van der Waals surface area contributed by atoms with E-state index in [9.17, 15) is 0 Å². The minimum atomic E-state index is 0.592. The second kappa shape index (κ2) is 5.58. The van der Waals surface area contributed by atoms with Gasteiger partial charge in [-0.15, -0.1) is 0 Å². The normalized spacial score (nSPS) is 10.9. The molecule has 0 spiro atoms. The van der Waals surface area contributed by atoms with Crippen LogP contribution >= 0.6 is 0 Å². The Kier molecular flexibility index (Phi) is 3.87. The summed E-state index contributed by atoms with van der Waals surface area (Å²) in [6, 6.07) is 0. The van der Waals surface area contributed by atoms with Crippen LogP contribution in [-0.2, 0) is 19.6 Å². The van der Waals surface area contributed by atoms with Crippen molar-refractivity contribution in [2.45, 2.75) is 39.9 Å². The van der Waals surface area contributed by atoms with Crippen molar-refractivity contribution >= 4 is 0 Å². The van der Waals surface area contributed by atoms with Gasteiger partial charge in [0.15, 0.2) is 5.82 Å². The minimum Gasteiger partial charge on any atom is -0.340 e. The maximum atomic E-state index is 4.89. The molecule has 2 aromatic heterocycles. The summed E-state index contributed by atoms with van der Waals surface area (Å²) < 4.78 is 7.04. The van der Waals surface area contributed by atoms with E-state index in [1.54, 1.807) is 6.92 Å². The van der Waals surface area contributed by atoms with E-state index in [4.69, 9.17) is 4.52 Å². The molecule has 0 aromatic carbocycles. The number of imidazole rings is 1. The van der Waals surface area contributed by atoms with E-state index in [1.807, 2.05) is 12.4 Å². The summed E-state index contributed by atoms with van der Waals surface area (Å²) in [5, 5.41) is 7.07. The molecule has 2 aromatic rings. The molecule has 0 aliphatic rings. The van der Waals surface area contributed by atoms with Crippen molar-refractivity contribution in [3.8, 4) is 0 Å². The van der Waals surface area contributed by atoms with Crippen molar-refractivity contribution in [2.75, 3.05) is 0 Å². The highest BCUT2D eigenvalue weighted by Gasteiger charge is 2.04. The lowest BCUT2D eigenvalue weighted by Crippen LogP contribution is -2.17. The van der Waals surface area contributed by atoms with Gasteiger partial charge in [0.05, 0.1) is 13.1 Å². The van der Waals surface area contributed by atoms with Crippen LogP contribution < -0.4 is 5.32 Å². The third-order valence-corrected chi connectivity index (χ3v) is 2.40. The van der Waals surface area contributed by atoms with Gasteiger partial charge in [-0.25, -0.2) is 4.98 Å². The number of nitrogens with one attached hydrogen (secondary N) is 1. The van der Waals surface area contributed by atoms with Gasteiger partial charge in [0, 0.05) is 25.9 Å². The van der Waals surface area contributed by atoms with Crippen molar-refractivity contribution in [1.82, 2.24) is 25.0 Å². The largest absolute Gasteiger partial charge is 0.340 e. The lowest BCUT2D eigenvalue weighted by Gasteiger charge is -2.06. The molecule has 1 N–H and O–H groups in total. The number of rotatable bonds is 6. The lowest BCUT2D eigenvalue weighted by atomic mass is 10.4. The van der Waals surface area contributed by atoms with E-state index in [0.29, 0.717) is 24.8 Å². The van der Waals surface area contributed by atoms with E-state index in [-0.39, 0.29) is 0 Å². The molecule has 0 saturated carbocycles. The first-order valence-electron chi connectivity index (χ1n) is 5.79. The molecule has 0 aliphatic carbocycles. The third kappa shape index (κ3) is 3.13. The Morgan fingerprint density at radius 3 is 3.00 bits per heavy atom. The standard InChI is InChI=1S/C11H17N5O/c1-3-5-16-6-4-13-11(16)8-12-7-10-14-9(2)17-15-10/h4,6,12H,3,5,7-8H2,1-2H3. The molecule has 0 radical (unpaired) electrons. The summed E-state index contributed by atoms with van der Waals surface area (Å²) in [7, 11) is 0. The summed E-state index contributed by atoms with van der Waals surface area (Å²) in [4.78, 5) is 8.43. The van der Waals surface area contributed by atoms with E-state index >= 15 is 0 Å². The Balaban J connectivity index is 1.83. The zero-order valence-corrected chi connectivity index (χ0v) is 10.2. The van der Waals surface area contributed by atoms with Crippen molar-refractivity contribution < 1.29 is 4.52 Å². The third-order valence-electron chi connectivity index (χ3n) is 2.40. The first-order chi connectivity index (χ1) is 8.29. The monoisotopic (exact) mass is 235 g/mol. The number of hydrogen-bond acceptors (Lipinski definition) is 5. The van der Waals surface area contributed by atoms with E-state index < -0.39 is 0 Å². The van der Waals surface area contributed by atoms with Gasteiger partial charge in [-0.2, -0.15) is 4.98 Å². The summed E-state index contributed by atoms with van der Waals surface area (Å²) in [6.07, 6.45) is 4.93. The SMILES string of the molecule is CCCn1ccnc1CNCc1noc(C)n1. The van der Waals surface area contributed by atoms with Gasteiger partial charge in [-0.1, -0.05) is 12.1 Å². The molecule has 92 valence electrons. The molecule has 0 aliphatic heterocycles. The molecule has 6 nitrogen and oxygen atoms in total. The van der Waals surface area contributed by atoms with Gasteiger partial charge in [0.2, 0.25) is 5.89 Å². The fourth-order valence-corrected chi connectivity index (χ4v) is 1.65. The van der Waals surface area contributed by atoms with E-state index in [1.165, 1.54) is 0 Å². The highest BCUT2D eigenvalue weighted by atomic mass is 16.5. The van der Waals surface area contributed by atoms with E-state index in [0.717, 1.165) is 18.8 Å². The van der Waals surface area contributed by atoms with Gasteiger partial charge in [-0.3, -0.25) is 0 Å². The Labute approximate surface area is 100 Å². The second-order valence-electron chi connectivity index (χ2n) is 3.87. The number of aryl methyl sites for hydroxylation is 2. The van der Waals surface area contributed by atoms with Gasteiger partial charge in [0.25, 0.3) is 0 Å². The molecule has 2 heterocycles. The smallest absolute Gasteiger partial charge is 0.223 e. The predicted molar refractivity (Wildman–Crippen MR) is 62.1 cm³/mol. The molecule has 0 saturated heterocycles. The summed E-state index contributed by atoms with van der Waals surface area (Å²) in [5.74, 6) is 2.30. The molecule has 0 unspecified atom stereocenters. The Morgan fingerprint density at radius 2 is 2.29 bits per heavy atom. The molecule has 0 bridgehead atoms. The second-order valence-corrected chi connectivity index (χ2v) is 3.87. The van der Waals surface area contributed by atoms with Crippen molar-refractivity contribution in [3.05, 3.63) is 29.9 Å². The van der Waals surface area contributed by atoms with Crippen LogP contribution in [0.15, 0.2) is 16.9 Å². The topological polar surface area (TPSA) is 68.8 Å². The fraction of sp³-hybridized carbons (Fsp3) is 0.545. The van der Waals surface area contributed by atoms with Crippen LogP contribution in [0.25, 0.3) is 0 Å². The summed E-state index contributed by atoms with van der Waals surface area (Å²) in [5.41, 5.74) is 0. The lowest BCUT2D eigenvalue weighted by molar-refractivity contribution is 0.385. The van der Waals surface area contributed by atoms with Crippen LogP contribution in [-0.4, -0.2) is 19.7 Å². The highest BCUT2D eigenvalue weighted by Crippen LogP contribution is 2.00. The number of hydrogen-bond donors (Lipinski definition) is 1. The summed E-state index contributed by atoms with van der Waals surface area (Å²) in [6.45, 7) is 6.24. The molecule has 17 heavy (non-hydrogen) atoms. The van der Waals surface area contributed by atoms with Crippen molar-refractivity contribution in [3.63, 3.8) is 0 Å². The predicted octanol–water partition coefficient (Wildman–Crippen LogP) is 1.27. The van der Waals surface area contributed by atoms with Crippen LogP contribution in [0.3, 0.4) is 0 Å². The van der Waals surface area contributed by atoms with Crippen LogP contribution in [0.2, 0.25) is 0 Å². The average Bonchev–Trinajstić information content (AvgIpc) is 2.90. The minimum absolute atomic E-state index is 0.592. The summed E-state index contributed by atoms with van der Waals surface area (Å²) >= 11 is 0. The molecule has 2 rings (SSSR count). The van der Waals surface area contributed by atoms with Gasteiger partial charge in [0.1, 0.15) is 5.82 Å². The molecular formula is C11H17N5O. The van der Waals surface area contributed by atoms with Crippen LogP contribution in [0.4, 0.5) is 0 Å². The van der Waals surface area contributed by atoms with Gasteiger partial charge in [-0.05, 0) is 6.42 Å². The maximum absolute atomic E-state index is 4.89. The average molecular weight is 235 g/mol. The molecule has 0 amide bonds. The van der Waals surface area contributed by atoms with Crippen LogP contribution in [0, 0.1) is 6.92 Å². The Morgan fingerprint density at radius 1 is 1.41 bits per heavy atom.